The van der Waals surface area contributed by atoms with Crippen molar-refractivity contribution in [2.45, 2.75) is 57.2 Å². The van der Waals surface area contributed by atoms with Crippen molar-refractivity contribution in [3.8, 4) is 11.3 Å². The Morgan fingerprint density at radius 1 is 1.14 bits per heavy atom. The minimum atomic E-state index is -0.963. The molecule has 0 spiro atoms. The Balaban J connectivity index is 1.50. The number of nitrogens with zero attached hydrogens (tertiary/aromatic N) is 1. The molecule has 1 aliphatic carbocycles. The number of hydrogen-bond donors (Lipinski definition) is 3. The van der Waals surface area contributed by atoms with Crippen LogP contribution in [0.2, 0.25) is 0 Å². The zero-order valence-electron chi connectivity index (χ0n) is 16.4. The van der Waals surface area contributed by atoms with Crippen molar-refractivity contribution in [1.82, 2.24) is 15.6 Å². The Bertz CT molecular complexity index is 849. The molecule has 1 aliphatic rings. The molecule has 2 amide bonds. The molecule has 29 heavy (non-hydrogen) atoms. The molecule has 1 aromatic heterocycles. The van der Waals surface area contributed by atoms with Gasteiger partial charge in [0, 0.05) is 23.8 Å². The summed E-state index contributed by atoms with van der Waals surface area (Å²) in [5.41, 5.74) is 1.71. The molecule has 2 aromatic rings. The molecule has 0 saturated heterocycles. The normalized spacial score (nSPS) is 20.0. The van der Waals surface area contributed by atoms with Crippen LogP contribution in [-0.4, -0.2) is 40.1 Å². The van der Waals surface area contributed by atoms with Crippen LogP contribution in [-0.2, 0) is 4.79 Å². The Hall–Kier alpha value is -2.80. The molecule has 0 bridgehead atoms. The topological polar surface area (TPSA) is 91.3 Å². The number of aliphatic hydroxyl groups excluding tert-OH is 1. The summed E-state index contributed by atoms with van der Waals surface area (Å²) in [6.07, 6.45) is 3.95. The summed E-state index contributed by atoms with van der Waals surface area (Å²) in [5.74, 6) is -0.858. The summed E-state index contributed by atoms with van der Waals surface area (Å²) in [6, 6.07) is 9.61. The van der Waals surface area contributed by atoms with E-state index in [0.717, 1.165) is 25.7 Å². The van der Waals surface area contributed by atoms with Gasteiger partial charge in [-0.25, -0.2) is 4.39 Å². The number of halogens is 1. The highest BCUT2D eigenvalue weighted by molar-refractivity contribution is 5.94. The fourth-order valence-electron chi connectivity index (χ4n) is 3.48. The maximum absolute atomic E-state index is 13.3. The number of hydrogen-bond acceptors (Lipinski definition) is 4. The van der Waals surface area contributed by atoms with E-state index < -0.39 is 6.10 Å². The van der Waals surface area contributed by atoms with Gasteiger partial charge < -0.3 is 15.7 Å². The van der Waals surface area contributed by atoms with Crippen LogP contribution in [0, 0.1) is 5.82 Å². The Labute approximate surface area is 169 Å². The average molecular weight is 399 g/mol. The Kier molecular flexibility index (Phi) is 6.93. The SMILES string of the molecule is CC[C@H](O)C(=O)N[C@H]1CC[C@H](NC(=O)c2ccc(-c3cccc(F)c3)nc2)CC1. The van der Waals surface area contributed by atoms with Gasteiger partial charge in [0.05, 0.1) is 11.3 Å². The van der Waals surface area contributed by atoms with Crippen molar-refractivity contribution < 1.29 is 19.1 Å². The second-order valence-corrected chi connectivity index (χ2v) is 7.40. The maximum atomic E-state index is 13.3. The van der Waals surface area contributed by atoms with Crippen molar-refractivity contribution in [2.24, 2.45) is 0 Å². The van der Waals surface area contributed by atoms with E-state index in [4.69, 9.17) is 0 Å². The number of rotatable bonds is 6. The summed E-state index contributed by atoms with van der Waals surface area (Å²) >= 11 is 0. The molecule has 3 rings (SSSR count). The van der Waals surface area contributed by atoms with Crippen LogP contribution in [0.1, 0.15) is 49.4 Å². The van der Waals surface area contributed by atoms with Gasteiger partial charge in [-0.2, -0.15) is 0 Å². The van der Waals surface area contributed by atoms with E-state index in [-0.39, 0.29) is 29.7 Å². The first-order valence-electron chi connectivity index (χ1n) is 9.97. The van der Waals surface area contributed by atoms with Gasteiger partial charge in [-0.3, -0.25) is 14.6 Å². The number of benzene rings is 1. The molecule has 0 aliphatic heterocycles. The summed E-state index contributed by atoms with van der Waals surface area (Å²) < 4.78 is 13.3. The molecular weight excluding hydrogens is 373 g/mol. The molecule has 3 N–H and O–H groups in total. The molecule has 1 saturated carbocycles. The molecule has 1 atom stereocenters. The van der Waals surface area contributed by atoms with Gasteiger partial charge in [0.25, 0.3) is 5.91 Å². The van der Waals surface area contributed by atoms with Crippen LogP contribution < -0.4 is 10.6 Å². The molecule has 7 heteroatoms. The number of pyridine rings is 1. The highest BCUT2D eigenvalue weighted by atomic mass is 19.1. The highest BCUT2D eigenvalue weighted by Gasteiger charge is 2.25. The van der Waals surface area contributed by atoms with Gasteiger partial charge in [-0.15, -0.1) is 0 Å². The molecule has 1 heterocycles. The molecule has 6 nitrogen and oxygen atoms in total. The van der Waals surface area contributed by atoms with Crippen molar-refractivity contribution in [3.05, 3.63) is 54.0 Å². The van der Waals surface area contributed by atoms with Crippen molar-refractivity contribution in [1.29, 1.82) is 0 Å². The fourth-order valence-corrected chi connectivity index (χ4v) is 3.48. The minimum absolute atomic E-state index is 0.0315. The minimum Gasteiger partial charge on any atom is -0.383 e. The van der Waals surface area contributed by atoms with E-state index in [1.165, 1.54) is 18.3 Å². The third kappa shape index (κ3) is 5.60. The zero-order valence-corrected chi connectivity index (χ0v) is 16.4. The third-order valence-electron chi connectivity index (χ3n) is 5.24. The predicted molar refractivity (Wildman–Crippen MR) is 108 cm³/mol. The Morgan fingerprint density at radius 2 is 1.83 bits per heavy atom. The highest BCUT2D eigenvalue weighted by Crippen LogP contribution is 2.20. The first-order valence-corrected chi connectivity index (χ1v) is 9.97. The molecule has 1 aromatic carbocycles. The van der Waals surface area contributed by atoms with Gasteiger partial charge in [-0.05, 0) is 56.4 Å². The smallest absolute Gasteiger partial charge is 0.253 e. The van der Waals surface area contributed by atoms with Crippen LogP contribution in [0.25, 0.3) is 11.3 Å². The van der Waals surface area contributed by atoms with Crippen LogP contribution in [0.5, 0.6) is 0 Å². The lowest BCUT2D eigenvalue weighted by molar-refractivity contribution is -0.130. The van der Waals surface area contributed by atoms with Gasteiger partial charge in [-0.1, -0.05) is 19.1 Å². The number of nitrogens with one attached hydrogen (secondary N) is 2. The molecular formula is C22H26FN3O3. The number of carbonyl (C=O) groups is 2. The van der Waals surface area contributed by atoms with E-state index in [0.29, 0.717) is 23.2 Å². The van der Waals surface area contributed by atoms with Crippen LogP contribution in [0.3, 0.4) is 0 Å². The molecule has 1 fully saturated rings. The van der Waals surface area contributed by atoms with Crippen molar-refractivity contribution >= 4 is 11.8 Å². The van der Waals surface area contributed by atoms with Gasteiger partial charge in [0.2, 0.25) is 5.91 Å². The van der Waals surface area contributed by atoms with Gasteiger partial charge >= 0.3 is 0 Å². The van der Waals surface area contributed by atoms with E-state index in [1.807, 2.05) is 0 Å². The summed E-state index contributed by atoms with van der Waals surface area (Å²) in [7, 11) is 0. The summed E-state index contributed by atoms with van der Waals surface area (Å²) in [5, 5.41) is 15.4. The van der Waals surface area contributed by atoms with E-state index >= 15 is 0 Å². The number of carbonyl (C=O) groups excluding carboxylic acids is 2. The number of aliphatic hydroxyl groups is 1. The summed E-state index contributed by atoms with van der Waals surface area (Å²) in [6.45, 7) is 1.76. The van der Waals surface area contributed by atoms with E-state index in [1.54, 1.807) is 31.2 Å². The first-order chi connectivity index (χ1) is 14.0. The average Bonchev–Trinajstić information content (AvgIpc) is 2.74. The molecule has 154 valence electrons. The largest absolute Gasteiger partial charge is 0.383 e. The quantitative estimate of drug-likeness (QED) is 0.697. The lowest BCUT2D eigenvalue weighted by atomic mass is 9.90. The predicted octanol–water partition coefficient (Wildman–Crippen LogP) is 2.82. The maximum Gasteiger partial charge on any atom is 0.253 e. The van der Waals surface area contributed by atoms with E-state index in [2.05, 4.69) is 15.6 Å². The second-order valence-electron chi connectivity index (χ2n) is 7.40. The fraction of sp³-hybridized carbons (Fsp3) is 0.409. The lowest BCUT2D eigenvalue weighted by Gasteiger charge is -2.30. The van der Waals surface area contributed by atoms with Gasteiger partial charge in [0.1, 0.15) is 11.9 Å². The monoisotopic (exact) mass is 399 g/mol. The first kappa shape index (κ1) is 20.9. The lowest BCUT2D eigenvalue weighted by Crippen LogP contribution is -2.46. The van der Waals surface area contributed by atoms with Crippen molar-refractivity contribution in [3.63, 3.8) is 0 Å². The molecule has 0 unspecified atom stereocenters. The number of aromatic nitrogens is 1. The second kappa shape index (κ2) is 9.60. The van der Waals surface area contributed by atoms with Crippen LogP contribution in [0.4, 0.5) is 4.39 Å². The Morgan fingerprint density at radius 3 is 2.41 bits per heavy atom. The van der Waals surface area contributed by atoms with Crippen LogP contribution in [0.15, 0.2) is 42.6 Å². The van der Waals surface area contributed by atoms with Crippen molar-refractivity contribution in [2.75, 3.05) is 0 Å². The standard InChI is InChI=1S/C22H26FN3O3/c1-2-20(27)22(29)26-18-9-7-17(8-10-18)25-21(28)15-6-11-19(24-13-15)14-4-3-5-16(23)12-14/h3-6,11-13,17-18,20,27H,2,7-10H2,1H3,(H,25,28)(H,26,29)/t17-,18-,20-/m0/s1. The number of amides is 2. The third-order valence-corrected chi connectivity index (χ3v) is 5.24. The summed E-state index contributed by atoms with van der Waals surface area (Å²) in [4.78, 5) is 28.5. The van der Waals surface area contributed by atoms with Crippen LogP contribution >= 0.6 is 0 Å². The van der Waals surface area contributed by atoms with Gasteiger partial charge in [0.15, 0.2) is 0 Å². The molecule has 0 radical (unpaired) electrons. The zero-order chi connectivity index (χ0) is 20.8. The van der Waals surface area contributed by atoms with E-state index in [9.17, 15) is 19.1 Å².